The summed E-state index contributed by atoms with van der Waals surface area (Å²) in [6.07, 6.45) is 2.93. The monoisotopic (exact) mass is 185 g/mol. The van der Waals surface area contributed by atoms with Crippen molar-refractivity contribution in [1.82, 2.24) is 0 Å². The van der Waals surface area contributed by atoms with Crippen molar-refractivity contribution in [2.24, 2.45) is 10.9 Å². The van der Waals surface area contributed by atoms with E-state index in [0.717, 1.165) is 19.3 Å². The minimum atomic E-state index is -1.52. The number of nitrogens with zero attached hydrogens (tertiary/aromatic N) is 1. The molecule has 0 aromatic heterocycles. The van der Waals surface area contributed by atoms with Gasteiger partial charge in [0.25, 0.3) is 5.85 Å². The van der Waals surface area contributed by atoms with Crippen molar-refractivity contribution in [3.8, 4) is 0 Å². The maximum Gasteiger partial charge on any atom is 0.252 e. The first kappa shape index (κ1) is 8.97. The average molecular weight is 185 g/mol. The van der Waals surface area contributed by atoms with Crippen LogP contribution >= 0.6 is 0 Å². The Bertz CT molecular complexity index is 262. The van der Waals surface area contributed by atoms with Gasteiger partial charge in [-0.3, -0.25) is 0 Å². The number of halogens is 1. The van der Waals surface area contributed by atoms with Crippen LogP contribution in [0.2, 0.25) is 0 Å². The first-order valence-corrected chi connectivity index (χ1v) is 4.88. The minimum Gasteiger partial charge on any atom is -0.445 e. The molecule has 0 spiro atoms. The summed E-state index contributed by atoms with van der Waals surface area (Å²) < 4.78 is 19.2. The third kappa shape index (κ3) is 1.25. The fourth-order valence-electron chi connectivity index (χ4n) is 2.84. The first-order valence-electron chi connectivity index (χ1n) is 4.88. The number of hydrogen-bond acceptors (Lipinski definition) is 2. The first-order chi connectivity index (χ1) is 5.94. The molecule has 3 heteroatoms. The highest BCUT2D eigenvalue weighted by Crippen LogP contribution is 2.49. The molecule has 3 atom stereocenters. The Morgan fingerprint density at radius 3 is 2.92 bits per heavy atom. The highest BCUT2D eigenvalue weighted by molar-refractivity contribution is 5.75. The van der Waals surface area contributed by atoms with Gasteiger partial charge >= 0.3 is 0 Å². The molecular weight excluding hydrogens is 169 g/mol. The van der Waals surface area contributed by atoms with E-state index in [1.807, 2.05) is 6.92 Å². The van der Waals surface area contributed by atoms with Gasteiger partial charge in [-0.05, 0) is 19.8 Å². The smallest absolute Gasteiger partial charge is 0.252 e. The van der Waals surface area contributed by atoms with Crippen LogP contribution in [0.4, 0.5) is 4.39 Å². The minimum absolute atomic E-state index is 0.0660. The second-order valence-corrected chi connectivity index (χ2v) is 4.52. The Labute approximate surface area is 78.2 Å². The van der Waals surface area contributed by atoms with E-state index >= 15 is 0 Å². The molecule has 0 aromatic carbocycles. The molecule has 13 heavy (non-hydrogen) atoms. The standard InChI is InChI=1S/C10H16FNO/c1-7-12-9(2)6-4-5-8(9)10(3,11)13-7/h8H,4-6H2,1-3H3/t8-,9+,10-/m0/s1. The van der Waals surface area contributed by atoms with E-state index in [0.29, 0.717) is 5.90 Å². The van der Waals surface area contributed by atoms with Crippen LogP contribution in [0.25, 0.3) is 0 Å². The summed E-state index contributed by atoms with van der Waals surface area (Å²) in [5, 5.41) is 0. The van der Waals surface area contributed by atoms with Crippen LogP contribution < -0.4 is 0 Å². The fraction of sp³-hybridized carbons (Fsp3) is 0.900. The van der Waals surface area contributed by atoms with E-state index in [-0.39, 0.29) is 11.5 Å². The van der Waals surface area contributed by atoms with E-state index in [1.165, 1.54) is 6.92 Å². The molecule has 1 fully saturated rings. The van der Waals surface area contributed by atoms with E-state index in [4.69, 9.17) is 4.74 Å². The summed E-state index contributed by atoms with van der Waals surface area (Å²) in [4.78, 5) is 4.43. The van der Waals surface area contributed by atoms with Crippen molar-refractivity contribution in [3.05, 3.63) is 0 Å². The molecule has 0 unspecified atom stereocenters. The average Bonchev–Trinajstić information content (AvgIpc) is 2.27. The van der Waals surface area contributed by atoms with Crippen molar-refractivity contribution in [2.45, 2.75) is 51.4 Å². The molecule has 2 nitrogen and oxygen atoms in total. The zero-order valence-electron chi connectivity index (χ0n) is 8.43. The third-order valence-electron chi connectivity index (χ3n) is 3.31. The second kappa shape index (κ2) is 2.46. The highest BCUT2D eigenvalue weighted by atomic mass is 19.2. The quantitative estimate of drug-likeness (QED) is 0.568. The molecule has 1 aliphatic heterocycles. The lowest BCUT2D eigenvalue weighted by atomic mass is 9.83. The van der Waals surface area contributed by atoms with Crippen molar-refractivity contribution < 1.29 is 9.13 Å². The lowest BCUT2D eigenvalue weighted by Crippen LogP contribution is -2.48. The van der Waals surface area contributed by atoms with Crippen molar-refractivity contribution in [3.63, 3.8) is 0 Å². The Morgan fingerprint density at radius 2 is 2.23 bits per heavy atom. The predicted octanol–water partition coefficient (Wildman–Crippen LogP) is 2.68. The Balaban J connectivity index is 2.39. The molecule has 1 saturated carbocycles. The molecular formula is C10H16FNO. The van der Waals surface area contributed by atoms with Crippen LogP contribution in [0, 0.1) is 5.92 Å². The lowest BCUT2D eigenvalue weighted by molar-refractivity contribution is -0.131. The van der Waals surface area contributed by atoms with Gasteiger partial charge in [-0.25, -0.2) is 4.99 Å². The van der Waals surface area contributed by atoms with E-state index in [2.05, 4.69) is 4.99 Å². The van der Waals surface area contributed by atoms with Crippen LogP contribution in [-0.2, 0) is 4.74 Å². The second-order valence-electron chi connectivity index (χ2n) is 4.52. The number of rotatable bonds is 0. The fourth-order valence-corrected chi connectivity index (χ4v) is 2.84. The van der Waals surface area contributed by atoms with Gasteiger partial charge in [-0.1, -0.05) is 6.42 Å². The largest absolute Gasteiger partial charge is 0.445 e. The number of hydrogen-bond donors (Lipinski definition) is 0. The third-order valence-corrected chi connectivity index (χ3v) is 3.31. The summed E-state index contributed by atoms with van der Waals surface area (Å²) in [7, 11) is 0. The van der Waals surface area contributed by atoms with Gasteiger partial charge in [0.15, 0.2) is 5.90 Å². The van der Waals surface area contributed by atoms with Crippen LogP contribution in [0.1, 0.15) is 40.0 Å². The summed E-state index contributed by atoms with van der Waals surface area (Å²) >= 11 is 0. The van der Waals surface area contributed by atoms with Crippen LogP contribution in [0.5, 0.6) is 0 Å². The SMILES string of the molecule is CC1=N[C@]2(C)CCC[C@@H]2[C@@](C)(F)O1. The van der Waals surface area contributed by atoms with Crippen LogP contribution in [-0.4, -0.2) is 17.3 Å². The normalized spacial score (nSPS) is 49.5. The number of ether oxygens (including phenoxy) is 1. The van der Waals surface area contributed by atoms with Gasteiger partial charge in [0.1, 0.15) is 0 Å². The number of alkyl halides is 1. The molecule has 0 aromatic rings. The molecule has 1 heterocycles. The van der Waals surface area contributed by atoms with E-state index in [1.54, 1.807) is 6.92 Å². The van der Waals surface area contributed by atoms with Gasteiger partial charge in [-0.15, -0.1) is 0 Å². The van der Waals surface area contributed by atoms with E-state index in [9.17, 15) is 4.39 Å². The summed E-state index contributed by atoms with van der Waals surface area (Å²) in [6.45, 7) is 5.30. The van der Waals surface area contributed by atoms with Crippen molar-refractivity contribution in [1.29, 1.82) is 0 Å². The lowest BCUT2D eigenvalue weighted by Gasteiger charge is -2.40. The zero-order valence-corrected chi connectivity index (χ0v) is 8.43. The molecule has 1 aliphatic carbocycles. The Morgan fingerprint density at radius 1 is 1.54 bits per heavy atom. The number of fused-ring (bicyclic) bond motifs is 1. The van der Waals surface area contributed by atoms with Crippen LogP contribution in [0.15, 0.2) is 4.99 Å². The van der Waals surface area contributed by atoms with E-state index < -0.39 is 5.85 Å². The maximum absolute atomic E-state index is 14.0. The zero-order chi connectivity index (χ0) is 9.69. The summed E-state index contributed by atoms with van der Waals surface area (Å²) in [5.41, 5.74) is -0.216. The topological polar surface area (TPSA) is 21.6 Å². The molecule has 0 N–H and O–H groups in total. The van der Waals surface area contributed by atoms with Gasteiger partial charge in [0.05, 0.1) is 11.5 Å². The molecule has 0 saturated heterocycles. The molecule has 2 aliphatic rings. The number of aliphatic imine (C=N–C) groups is 1. The van der Waals surface area contributed by atoms with Gasteiger partial charge in [-0.2, -0.15) is 4.39 Å². The molecule has 0 amide bonds. The molecule has 74 valence electrons. The van der Waals surface area contributed by atoms with Gasteiger partial charge in [0, 0.05) is 13.8 Å². The Kier molecular flexibility index (Phi) is 1.70. The summed E-state index contributed by atoms with van der Waals surface area (Å²) in [6, 6.07) is 0. The summed E-state index contributed by atoms with van der Waals surface area (Å²) in [5.74, 6) is -1.09. The molecule has 2 rings (SSSR count). The predicted molar refractivity (Wildman–Crippen MR) is 49.5 cm³/mol. The van der Waals surface area contributed by atoms with Crippen LogP contribution in [0.3, 0.4) is 0 Å². The molecule has 0 radical (unpaired) electrons. The Hall–Kier alpha value is -0.600. The van der Waals surface area contributed by atoms with Gasteiger partial charge < -0.3 is 4.74 Å². The maximum atomic E-state index is 14.0. The van der Waals surface area contributed by atoms with Gasteiger partial charge in [0.2, 0.25) is 0 Å². The van der Waals surface area contributed by atoms with Crippen molar-refractivity contribution in [2.75, 3.05) is 0 Å². The van der Waals surface area contributed by atoms with Crippen molar-refractivity contribution >= 4 is 5.90 Å². The molecule has 0 bridgehead atoms. The highest BCUT2D eigenvalue weighted by Gasteiger charge is 2.54.